The molecule has 112 valence electrons. The molecule has 3 nitrogen and oxygen atoms in total. The molecule has 1 saturated heterocycles. The highest BCUT2D eigenvalue weighted by molar-refractivity contribution is 4.90. The monoisotopic (exact) mass is 268 g/mol. The summed E-state index contributed by atoms with van der Waals surface area (Å²) in [5.74, 6) is 1.54. The number of aliphatic hydroxyl groups is 1. The minimum atomic E-state index is -0.118. The zero-order chi connectivity index (χ0) is 14.0. The summed E-state index contributed by atoms with van der Waals surface area (Å²) in [5, 5.41) is 10.4. The molecule has 3 heteroatoms. The molecule has 1 aliphatic carbocycles. The topological polar surface area (TPSA) is 26.7 Å². The van der Waals surface area contributed by atoms with Crippen molar-refractivity contribution < 1.29 is 5.11 Å². The van der Waals surface area contributed by atoms with Crippen molar-refractivity contribution in [3.63, 3.8) is 0 Å². The summed E-state index contributed by atoms with van der Waals surface area (Å²) in [6.45, 7) is 7.04. The molecule has 0 bridgehead atoms. The first-order chi connectivity index (χ1) is 8.99. The van der Waals surface area contributed by atoms with Gasteiger partial charge in [0.15, 0.2) is 0 Å². The Morgan fingerprint density at radius 2 is 1.95 bits per heavy atom. The van der Waals surface area contributed by atoms with Crippen LogP contribution in [0.1, 0.15) is 46.0 Å². The van der Waals surface area contributed by atoms with E-state index in [2.05, 4.69) is 37.7 Å². The Kier molecular flexibility index (Phi) is 5.27. The number of nitrogens with zero attached hydrogens (tertiary/aromatic N) is 2. The van der Waals surface area contributed by atoms with Crippen LogP contribution in [-0.2, 0) is 0 Å². The van der Waals surface area contributed by atoms with Crippen molar-refractivity contribution in [2.45, 2.75) is 64.1 Å². The molecule has 1 aliphatic heterocycles. The molecule has 19 heavy (non-hydrogen) atoms. The molecule has 4 unspecified atom stereocenters. The molecule has 1 N–H and O–H groups in total. The summed E-state index contributed by atoms with van der Waals surface area (Å²) in [5.41, 5.74) is 0. The fourth-order valence-corrected chi connectivity index (χ4v) is 3.95. The Morgan fingerprint density at radius 1 is 1.21 bits per heavy atom. The number of hydrogen-bond donors (Lipinski definition) is 1. The van der Waals surface area contributed by atoms with Crippen LogP contribution < -0.4 is 0 Å². The predicted octanol–water partition coefficient (Wildman–Crippen LogP) is 2.20. The second kappa shape index (κ2) is 6.55. The summed E-state index contributed by atoms with van der Waals surface area (Å²) in [7, 11) is 4.45. The van der Waals surface area contributed by atoms with E-state index in [0.717, 1.165) is 24.8 Å². The lowest BCUT2D eigenvalue weighted by molar-refractivity contribution is -0.0223. The van der Waals surface area contributed by atoms with Gasteiger partial charge in [0.1, 0.15) is 0 Å². The third kappa shape index (κ3) is 3.71. The van der Waals surface area contributed by atoms with E-state index >= 15 is 0 Å². The molecule has 2 rings (SSSR count). The molecule has 1 heterocycles. The van der Waals surface area contributed by atoms with E-state index < -0.39 is 0 Å². The highest BCUT2D eigenvalue weighted by Crippen LogP contribution is 2.33. The normalized spacial score (nSPS) is 38.1. The molecule has 2 aliphatic rings. The number of piperidine rings is 1. The number of hydrogen-bond acceptors (Lipinski definition) is 3. The SMILES string of the molecule is CC(C)C1CCC(O)C(N(C)C2CCCN(C)C2)C1. The van der Waals surface area contributed by atoms with E-state index in [-0.39, 0.29) is 6.10 Å². The zero-order valence-corrected chi connectivity index (χ0v) is 13.2. The largest absolute Gasteiger partial charge is 0.391 e. The van der Waals surface area contributed by atoms with Crippen LogP contribution >= 0.6 is 0 Å². The molecule has 0 aromatic carbocycles. The third-order valence-corrected chi connectivity index (χ3v) is 5.46. The van der Waals surface area contributed by atoms with Gasteiger partial charge in [-0.3, -0.25) is 4.90 Å². The lowest BCUT2D eigenvalue weighted by Crippen LogP contribution is -2.54. The first-order valence-electron chi connectivity index (χ1n) is 8.07. The maximum atomic E-state index is 10.4. The number of likely N-dealkylation sites (tertiary alicyclic amines) is 1. The molecule has 1 saturated carbocycles. The minimum absolute atomic E-state index is 0.118. The van der Waals surface area contributed by atoms with Crippen LogP contribution in [0.4, 0.5) is 0 Å². The quantitative estimate of drug-likeness (QED) is 0.850. The number of likely N-dealkylation sites (N-methyl/N-ethyl adjacent to an activating group) is 2. The van der Waals surface area contributed by atoms with Gasteiger partial charge in [-0.1, -0.05) is 13.8 Å². The van der Waals surface area contributed by atoms with Crippen LogP contribution in [0.2, 0.25) is 0 Å². The summed E-state index contributed by atoms with van der Waals surface area (Å²) in [4.78, 5) is 4.93. The van der Waals surface area contributed by atoms with E-state index in [9.17, 15) is 5.11 Å². The van der Waals surface area contributed by atoms with Crippen LogP contribution in [0.3, 0.4) is 0 Å². The molecular formula is C16H32N2O. The van der Waals surface area contributed by atoms with E-state index in [4.69, 9.17) is 0 Å². The van der Waals surface area contributed by atoms with Crippen molar-refractivity contribution in [1.29, 1.82) is 0 Å². The second-order valence-corrected chi connectivity index (χ2v) is 7.18. The van der Waals surface area contributed by atoms with Crippen LogP contribution in [-0.4, -0.2) is 60.3 Å². The van der Waals surface area contributed by atoms with E-state index in [1.54, 1.807) is 0 Å². The Balaban J connectivity index is 1.97. The van der Waals surface area contributed by atoms with Gasteiger partial charge >= 0.3 is 0 Å². The Morgan fingerprint density at radius 3 is 2.58 bits per heavy atom. The zero-order valence-electron chi connectivity index (χ0n) is 13.2. The smallest absolute Gasteiger partial charge is 0.0695 e. The fraction of sp³-hybridized carbons (Fsp3) is 1.00. The Bertz CT molecular complexity index is 282. The highest BCUT2D eigenvalue weighted by Gasteiger charge is 2.36. The van der Waals surface area contributed by atoms with Gasteiger partial charge < -0.3 is 10.0 Å². The van der Waals surface area contributed by atoms with Crippen molar-refractivity contribution in [3.05, 3.63) is 0 Å². The van der Waals surface area contributed by atoms with Gasteiger partial charge in [-0.2, -0.15) is 0 Å². The third-order valence-electron chi connectivity index (χ3n) is 5.46. The lowest BCUT2D eigenvalue weighted by atomic mass is 9.77. The number of aliphatic hydroxyl groups excluding tert-OH is 1. The minimum Gasteiger partial charge on any atom is -0.391 e. The van der Waals surface area contributed by atoms with Crippen LogP contribution in [0.25, 0.3) is 0 Å². The molecule has 0 spiro atoms. The van der Waals surface area contributed by atoms with Gasteiger partial charge in [0.2, 0.25) is 0 Å². The molecule has 0 aromatic rings. The Hall–Kier alpha value is -0.120. The van der Waals surface area contributed by atoms with Gasteiger partial charge in [-0.05, 0) is 64.6 Å². The maximum Gasteiger partial charge on any atom is 0.0695 e. The maximum absolute atomic E-state index is 10.4. The van der Waals surface area contributed by atoms with Crippen LogP contribution in [0.15, 0.2) is 0 Å². The van der Waals surface area contributed by atoms with Gasteiger partial charge in [-0.25, -0.2) is 0 Å². The molecule has 4 atom stereocenters. The molecule has 0 amide bonds. The predicted molar refractivity (Wildman–Crippen MR) is 80.3 cm³/mol. The van der Waals surface area contributed by atoms with Gasteiger partial charge in [0, 0.05) is 18.6 Å². The first-order valence-corrected chi connectivity index (χ1v) is 8.07. The summed E-state index contributed by atoms with van der Waals surface area (Å²) >= 11 is 0. The Labute approximate surface area is 119 Å². The van der Waals surface area contributed by atoms with Crippen molar-refractivity contribution >= 4 is 0 Å². The average molecular weight is 268 g/mol. The van der Waals surface area contributed by atoms with Crippen LogP contribution in [0.5, 0.6) is 0 Å². The first kappa shape index (κ1) is 15.3. The summed E-state index contributed by atoms with van der Waals surface area (Å²) in [6.07, 6.45) is 5.83. The lowest BCUT2D eigenvalue weighted by Gasteiger charge is -2.45. The van der Waals surface area contributed by atoms with Crippen molar-refractivity contribution in [3.8, 4) is 0 Å². The summed E-state index contributed by atoms with van der Waals surface area (Å²) < 4.78 is 0. The molecular weight excluding hydrogens is 236 g/mol. The van der Waals surface area contributed by atoms with E-state index in [1.165, 1.54) is 32.2 Å². The van der Waals surface area contributed by atoms with Crippen LogP contribution in [0, 0.1) is 11.8 Å². The second-order valence-electron chi connectivity index (χ2n) is 7.18. The van der Waals surface area contributed by atoms with Gasteiger partial charge in [-0.15, -0.1) is 0 Å². The average Bonchev–Trinajstić information content (AvgIpc) is 2.38. The standard InChI is InChI=1S/C16H32N2O/c1-12(2)13-7-8-16(19)15(10-13)18(4)14-6-5-9-17(3)11-14/h12-16,19H,5-11H2,1-4H3. The molecule has 0 radical (unpaired) electrons. The highest BCUT2D eigenvalue weighted by atomic mass is 16.3. The summed E-state index contributed by atoms with van der Waals surface area (Å²) in [6, 6.07) is 1.00. The fourth-order valence-electron chi connectivity index (χ4n) is 3.95. The van der Waals surface area contributed by atoms with E-state index in [0.29, 0.717) is 12.1 Å². The van der Waals surface area contributed by atoms with Crippen molar-refractivity contribution in [2.24, 2.45) is 11.8 Å². The van der Waals surface area contributed by atoms with Gasteiger partial charge in [0.05, 0.1) is 6.10 Å². The van der Waals surface area contributed by atoms with Crippen molar-refractivity contribution in [1.82, 2.24) is 9.80 Å². The number of rotatable bonds is 3. The van der Waals surface area contributed by atoms with E-state index in [1.807, 2.05) is 0 Å². The van der Waals surface area contributed by atoms with Gasteiger partial charge in [0.25, 0.3) is 0 Å². The van der Waals surface area contributed by atoms with Crippen molar-refractivity contribution in [2.75, 3.05) is 27.2 Å². The molecule has 2 fully saturated rings. The molecule has 0 aromatic heterocycles.